The maximum absolute atomic E-state index is 10.3. The van der Waals surface area contributed by atoms with Gasteiger partial charge in [0.25, 0.3) is 0 Å². The van der Waals surface area contributed by atoms with E-state index in [0.29, 0.717) is 13.2 Å². The Kier molecular flexibility index (Phi) is 4.70. The molecule has 1 atom stereocenters. The molecule has 1 saturated heterocycles. The predicted octanol–water partition coefficient (Wildman–Crippen LogP) is 0.587. The molecule has 1 unspecified atom stereocenters. The zero-order valence-electron chi connectivity index (χ0n) is 10.2. The molecule has 0 aromatic rings. The van der Waals surface area contributed by atoms with Gasteiger partial charge in [-0.1, -0.05) is 0 Å². The number of rotatable bonds is 4. The van der Waals surface area contributed by atoms with Crippen molar-refractivity contribution in [2.75, 3.05) is 33.0 Å². The number of carboxylic acid groups (broad SMARTS) is 1. The highest BCUT2D eigenvalue weighted by Crippen LogP contribution is 2.20. The minimum absolute atomic E-state index is 0.0566. The molecule has 1 fully saturated rings. The molecule has 0 aromatic heterocycles. The highest BCUT2D eigenvalue weighted by Gasteiger charge is 2.31. The fraction of sp³-hybridized carbons (Fsp3) is 0.909. The molecule has 1 rings (SSSR count). The third-order valence-corrected chi connectivity index (χ3v) is 2.62. The van der Waals surface area contributed by atoms with Crippen LogP contribution in [0.3, 0.4) is 0 Å². The van der Waals surface area contributed by atoms with Crippen LogP contribution in [0.25, 0.3) is 0 Å². The summed E-state index contributed by atoms with van der Waals surface area (Å²) in [5, 5.41) is 8.50. The van der Waals surface area contributed by atoms with Gasteiger partial charge in [0.1, 0.15) is 6.61 Å². The van der Waals surface area contributed by atoms with Gasteiger partial charge in [-0.15, -0.1) is 0 Å². The molecule has 1 heterocycles. The van der Waals surface area contributed by atoms with Crippen molar-refractivity contribution in [1.29, 1.82) is 0 Å². The molecule has 0 radical (unpaired) electrons. The molecule has 5 nitrogen and oxygen atoms in total. The molecule has 16 heavy (non-hydrogen) atoms. The summed E-state index contributed by atoms with van der Waals surface area (Å²) in [7, 11) is 0. The van der Waals surface area contributed by atoms with Crippen LogP contribution in [0.2, 0.25) is 0 Å². The van der Waals surface area contributed by atoms with Crippen molar-refractivity contribution in [3.63, 3.8) is 0 Å². The first-order valence-corrected chi connectivity index (χ1v) is 5.55. The maximum atomic E-state index is 10.3. The lowest BCUT2D eigenvalue weighted by Crippen LogP contribution is -2.56. The lowest BCUT2D eigenvalue weighted by Gasteiger charge is -2.44. The van der Waals surface area contributed by atoms with Gasteiger partial charge in [-0.05, 0) is 20.8 Å². The van der Waals surface area contributed by atoms with E-state index >= 15 is 0 Å². The van der Waals surface area contributed by atoms with Crippen LogP contribution in [0.15, 0.2) is 0 Å². The number of ether oxygens (including phenoxy) is 2. The SMILES string of the molecule is CC(C)(C)N1CCOCC1COCC(=O)O. The number of hydrogen-bond donors (Lipinski definition) is 1. The van der Waals surface area contributed by atoms with Gasteiger partial charge in [0.2, 0.25) is 0 Å². The molecule has 0 amide bonds. The van der Waals surface area contributed by atoms with Gasteiger partial charge in [0, 0.05) is 12.1 Å². The van der Waals surface area contributed by atoms with Crippen molar-refractivity contribution >= 4 is 5.97 Å². The average Bonchev–Trinajstić information content (AvgIpc) is 2.16. The summed E-state index contributed by atoms with van der Waals surface area (Å²) in [5.41, 5.74) is 0.0566. The van der Waals surface area contributed by atoms with Gasteiger partial charge in [-0.2, -0.15) is 0 Å². The molecule has 1 N–H and O–H groups in total. The normalized spacial score (nSPS) is 23.3. The second kappa shape index (κ2) is 5.61. The zero-order chi connectivity index (χ0) is 12.2. The van der Waals surface area contributed by atoms with Crippen molar-refractivity contribution in [3.05, 3.63) is 0 Å². The lowest BCUT2D eigenvalue weighted by atomic mass is 10.0. The first kappa shape index (κ1) is 13.4. The van der Waals surface area contributed by atoms with Crippen molar-refractivity contribution in [3.8, 4) is 0 Å². The number of hydrogen-bond acceptors (Lipinski definition) is 4. The quantitative estimate of drug-likeness (QED) is 0.767. The minimum Gasteiger partial charge on any atom is -0.480 e. The molecule has 0 bridgehead atoms. The van der Waals surface area contributed by atoms with Gasteiger partial charge in [-0.3, -0.25) is 4.90 Å². The summed E-state index contributed by atoms with van der Waals surface area (Å²) in [6, 6.07) is 0.146. The molecule has 1 aliphatic rings. The topological polar surface area (TPSA) is 59.0 Å². The number of morpholine rings is 1. The van der Waals surface area contributed by atoms with Gasteiger partial charge in [0.05, 0.1) is 25.9 Å². The molecule has 0 saturated carbocycles. The van der Waals surface area contributed by atoms with Crippen molar-refractivity contribution in [1.82, 2.24) is 4.90 Å². The summed E-state index contributed by atoms with van der Waals surface area (Å²) in [4.78, 5) is 12.7. The largest absolute Gasteiger partial charge is 0.480 e. The van der Waals surface area contributed by atoms with Crippen molar-refractivity contribution in [2.45, 2.75) is 32.4 Å². The smallest absolute Gasteiger partial charge is 0.329 e. The number of carboxylic acids is 1. The van der Waals surface area contributed by atoms with E-state index in [4.69, 9.17) is 14.6 Å². The molecule has 0 aliphatic carbocycles. The number of aliphatic carboxylic acids is 1. The van der Waals surface area contributed by atoms with Crippen LogP contribution in [0.1, 0.15) is 20.8 Å². The maximum Gasteiger partial charge on any atom is 0.329 e. The van der Waals surface area contributed by atoms with E-state index in [1.807, 2.05) is 0 Å². The third-order valence-electron chi connectivity index (χ3n) is 2.62. The van der Waals surface area contributed by atoms with Crippen LogP contribution in [0.5, 0.6) is 0 Å². The third kappa shape index (κ3) is 4.08. The second-order valence-electron chi connectivity index (χ2n) is 5.00. The Bertz CT molecular complexity index is 237. The minimum atomic E-state index is -0.931. The van der Waals surface area contributed by atoms with E-state index in [9.17, 15) is 4.79 Å². The van der Waals surface area contributed by atoms with Crippen LogP contribution >= 0.6 is 0 Å². The van der Waals surface area contributed by atoms with Crippen LogP contribution in [0.4, 0.5) is 0 Å². The molecule has 5 heteroatoms. The highest BCUT2D eigenvalue weighted by molar-refractivity contribution is 5.67. The predicted molar refractivity (Wildman–Crippen MR) is 59.5 cm³/mol. The van der Waals surface area contributed by atoms with E-state index < -0.39 is 5.97 Å². The van der Waals surface area contributed by atoms with Gasteiger partial charge in [-0.25, -0.2) is 4.79 Å². The lowest BCUT2D eigenvalue weighted by molar-refractivity contribution is -0.144. The van der Waals surface area contributed by atoms with Crippen LogP contribution in [-0.2, 0) is 14.3 Å². The summed E-state index contributed by atoms with van der Waals surface area (Å²) < 4.78 is 10.5. The summed E-state index contributed by atoms with van der Waals surface area (Å²) >= 11 is 0. The van der Waals surface area contributed by atoms with Crippen LogP contribution in [0, 0.1) is 0 Å². The molecule has 94 valence electrons. The Morgan fingerprint density at radius 3 is 2.81 bits per heavy atom. The summed E-state index contributed by atoms with van der Waals surface area (Å²) in [5.74, 6) is -0.931. The average molecular weight is 231 g/mol. The van der Waals surface area contributed by atoms with Gasteiger partial charge in [0.15, 0.2) is 0 Å². The standard InChI is InChI=1S/C11H21NO4/c1-11(2,3)12-4-5-15-6-9(12)7-16-8-10(13)14/h9H,4-8H2,1-3H3,(H,13,14). The highest BCUT2D eigenvalue weighted by atomic mass is 16.5. The molecule has 0 aromatic carbocycles. The van der Waals surface area contributed by atoms with Gasteiger partial charge < -0.3 is 14.6 Å². The fourth-order valence-corrected chi connectivity index (χ4v) is 1.96. The van der Waals surface area contributed by atoms with Crippen LogP contribution in [-0.4, -0.2) is 60.5 Å². The van der Waals surface area contributed by atoms with Crippen LogP contribution < -0.4 is 0 Å². The first-order chi connectivity index (χ1) is 7.41. The number of nitrogens with zero attached hydrogens (tertiary/aromatic N) is 1. The second-order valence-corrected chi connectivity index (χ2v) is 5.00. The summed E-state index contributed by atoms with van der Waals surface area (Å²) in [6.07, 6.45) is 0. The summed E-state index contributed by atoms with van der Waals surface area (Å²) in [6.45, 7) is 8.79. The van der Waals surface area contributed by atoms with E-state index in [2.05, 4.69) is 25.7 Å². The fourth-order valence-electron chi connectivity index (χ4n) is 1.96. The van der Waals surface area contributed by atoms with E-state index in [-0.39, 0.29) is 18.2 Å². The van der Waals surface area contributed by atoms with Crippen molar-refractivity contribution in [2.24, 2.45) is 0 Å². The van der Waals surface area contributed by atoms with E-state index in [0.717, 1.165) is 13.2 Å². The Labute approximate surface area is 96.3 Å². The van der Waals surface area contributed by atoms with Crippen molar-refractivity contribution < 1.29 is 19.4 Å². The van der Waals surface area contributed by atoms with Gasteiger partial charge >= 0.3 is 5.97 Å². The monoisotopic (exact) mass is 231 g/mol. The molecule has 0 spiro atoms. The molecule has 1 aliphatic heterocycles. The number of carbonyl (C=O) groups is 1. The Morgan fingerprint density at radius 2 is 2.25 bits per heavy atom. The first-order valence-electron chi connectivity index (χ1n) is 5.55. The molecular formula is C11H21NO4. The van der Waals surface area contributed by atoms with E-state index in [1.165, 1.54) is 0 Å². The Balaban J connectivity index is 2.44. The Hall–Kier alpha value is -0.650. The van der Waals surface area contributed by atoms with E-state index in [1.54, 1.807) is 0 Å². The molecular weight excluding hydrogens is 210 g/mol. The zero-order valence-corrected chi connectivity index (χ0v) is 10.2. The Morgan fingerprint density at radius 1 is 1.56 bits per heavy atom.